The molecule has 3 aromatic carbocycles. The highest BCUT2D eigenvalue weighted by Crippen LogP contribution is 2.14. The monoisotopic (exact) mass is 445 g/mol. The minimum Gasteiger partial charge on any atom is -0.337 e. The molecule has 8 nitrogen and oxygen atoms in total. The first-order valence-corrected chi connectivity index (χ1v) is 10.6. The smallest absolute Gasteiger partial charge is 0.323 e. The number of rotatable bonds is 8. The van der Waals surface area contributed by atoms with E-state index >= 15 is 0 Å². The predicted octanol–water partition coefficient (Wildman–Crippen LogP) is 4.50. The summed E-state index contributed by atoms with van der Waals surface area (Å²) in [4.78, 5) is 37.9. The number of carbonyl (C=O) groups excluding carboxylic acids is 3. The van der Waals surface area contributed by atoms with Crippen molar-refractivity contribution in [3.05, 3.63) is 90.5 Å². The summed E-state index contributed by atoms with van der Waals surface area (Å²) in [5.74, 6) is -0.219. The zero-order chi connectivity index (χ0) is 23.5. The van der Waals surface area contributed by atoms with Gasteiger partial charge in [-0.05, 0) is 42.0 Å². The number of hydrogen-bond donors (Lipinski definition) is 4. The molecule has 33 heavy (non-hydrogen) atoms. The summed E-state index contributed by atoms with van der Waals surface area (Å²) in [5, 5.41) is 11.0. The maximum atomic E-state index is 12.2. The first kappa shape index (κ1) is 23.3. The Hall–Kier alpha value is -4.33. The molecule has 0 aliphatic rings. The van der Waals surface area contributed by atoms with Crippen molar-refractivity contribution in [2.45, 2.75) is 13.0 Å². The Morgan fingerprint density at radius 1 is 0.697 bits per heavy atom. The second kappa shape index (κ2) is 11.9. The maximum absolute atomic E-state index is 12.2. The largest absolute Gasteiger partial charge is 0.337 e. The van der Waals surface area contributed by atoms with Gasteiger partial charge in [0.05, 0.1) is 0 Å². The molecule has 0 saturated carbocycles. The minimum atomic E-state index is -0.356. The van der Waals surface area contributed by atoms with Gasteiger partial charge in [-0.1, -0.05) is 48.5 Å². The Morgan fingerprint density at radius 3 is 1.82 bits per heavy atom. The van der Waals surface area contributed by atoms with Crippen LogP contribution in [0.2, 0.25) is 0 Å². The number of nitrogens with zero attached hydrogens (tertiary/aromatic N) is 1. The van der Waals surface area contributed by atoms with Crippen molar-refractivity contribution < 1.29 is 14.4 Å². The van der Waals surface area contributed by atoms with Gasteiger partial charge in [0.25, 0.3) is 0 Å². The molecule has 0 bridgehead atoms. The molecular formula is C25H27N5O3. The van der Waals surface area contributed by atoms with E-state index in [1.807, 2.05) is 48.5 Å². The molecule has 0 heterocycles. The van der Waals surface area contributed by atoms with Crippen LogP contribution >= 0.6 is 0 Å². The molecule has 3 aromatic rings. The highest BCUT2D eigenvalue weighted by atomic mass is 16.2. The second-order valence-electron chi connectivity index (χ2n) is 7.39. The van der Waals surface area contributed by atoms with Crippen LogP contribution in [0.3, 0.4) is 0 Å². The van der Waals surface area contributed by atoms with Crippen LogP contribution in [0.1, 0.15) is 12.0 Å². The van der Waals surface area contributed by atoms with E-state index < -0.39 is 0 Å². The van der Waals surface area contributed by atoms with Gasteiger partial charge in [0.2, 0.25) is 5.91 Å². The fraction of sp³-hybridized carbons (Fsp3) is 0.160. The second-order valence-corrected chi connectivity index (χ2v) is 7.39. The van der Waals surface area contributed by atoms with E-state index in [4.69, 9.17) is 0 Å². The number of amides is 5. The maximum Gasteiger partial charge on any atom is 0.323 e. The van der Waals surface area contributed by atoms with Crippen molar-refractivity contribution in [3.8, 4) is 0 Å². The number of anilines is 3. The Morgan fingerprint density at radius 2 is 1.21 bits per heavy atom. The average Bonchev–Trinajstić information content (AvgIpc) is 2.81. The lowest BCUT2D eigenvalue weighted by atomic mass is 10.2. The molecule has 0 aromatic heterocycles. The Labute approximate surface area is 193 Å². The summed E-state index contributed by atoms with van der Waals surface area (Å²) in [6.07, 6.45) is 0.143. The van der Waals surface area contributed by atoms with Crippen molar-refractivity contribution in [3.63, 3.8) is 0 Å². The molecule has 0 aliphatic heterocycles. The average molecular weight is 446 g/mol. The van der Waals surface area contributed by atoms with E-state index in [2.05, 4.69) is 21.3 Å². The van der Waals surface area contributed by atoms with E-state index in [9.17, 15) is 14.4 Å². The number of urea groups is 2. The fourth-order valence-electron chi connectivity index (χ4n) is 3.02. The predicted molar refractivity (Wildman–Crippen MR) is 130 cm³/mol. The molecule has 0 fully saturated rings. The number of nitrogens with one attached hydrogen (secondary N) is 4. The summed E-state index contributed by atoms with van der Waals surface area (Å²) in [5.41, 5.74) is 2.91. The van der Waals surface area contributed by atoms with Gasteiger partial charge in [0.15, 0.2) is 0 Å². The third kappa shape index (κ3) is 8.02. The summed E-state index contributed by atoms with van der Waals surface area (Å²) in [7, 11) is 1.71. The van der Waals surface area contributed by atoms with Crippen molar-refractivity contribution in [1.82, 2.24) is 10.2 Å². The highest BCUT2D eigenvalue weighted by Gasteiger charge is 2.10. The topological polar surface area (TPSA) is 103 Å². The van der Waals surface area contributed by atoms with Crippen LogP contribution in [0.15, 0.2) is 84.9 Å². The van der Waals surface area contributed by atoms with Crippen LogP contribution in [0.4, 0.5) is 26.7 Å². The summed E-state index contributed by atoms with van der Waals surface area (Å²) < 4.78 is 0. The normalized spacial score (nSPS) is 10.1. The zero-order valence-corrected chi connectivity index (χ0v) is 18.4. The van der Waals surface area contributed by atoms with E-state index in [-0.39, 0.29) is 30.9 Å². The van der Waals surface area contributed by atoms with E-state index in [1.54, 1.807) is 48.3 Å². The van der Waals surface area contributed by atoms with Crippen LogP contribution in [-0.4, -0.2) is 36.5 Å². The van der Waals surface area contributed by atoms with Gasteiger partial charge in [0.1, 0.15) is 0 Å². The molecule has 3 rings (SSSR count). The van der Waals surface area contributed by atoms with Crippen LogP contribution in [0, 0.1) is 0 Å². The molecule has 5 amide bonds. The molecule has 0 aliphatic carbocycles. The molecule has 0 unspecified atom stereocenters. The van der Waals surface area contributed by atoms with Crippen molar-refractivity contribution in [2.75, 3.05) is 29.5 Å². The van der Waals surface area contributed by atoms with Crippen molar-refractivity contribution >= 4 is 35.0 Å². The lowest BCUT2D eigenvalue weighted by molar-refractivity contribution is -0.116. The van der Waals surface area contributed by atoms with Crippen LogP contribution in [-0.2, 0) is 11.3 Å². The third-order valence-corrected chi connectivity index (χ3v) is 4.70. The van der Waals surface area contributed by atoms with E-state index in [0.717, 1.165) is 5.56 Å². The van der Waals surface area contributed by atoms with Crippen LogP contribution in [0.5, 0.6) is 0 Å². The quantitative estimate of drug-likeness (QED) is 0.410. The van der Waals surface area contributed by atoms with Gasteiger partial charge >= 0.3 is 12.1 Å². The number of carbonyl (C=O) groups is 3. The Bertz CT molecular complexity index is 1060. The molecule has 0 atom stereocenters. The van der Waals surface area contributed by atoms with Gasteiger partial charge in [0, 0.05) is 43.6 Å². The fourth-order valence-corrected chi connectivity index (χ4v) is 3.02. The molecule has 0 saturated heterocycles. The Balaban J connectivity index is 1.37. The summed E-state index contributed by atoms with van der Waals surface area (Å²) in [6, 6.07) is 25.0. The molecular weight excluding hydrogens is 418 g/mol. The van der Waals surface area contributed by atoms with E-state index in [0.29, 0.717) is 23.6 Å². The summed E-state index contributed by atoms with van der Waals surface area (Å²) in [6.45, 7) is 0.714. The lowest BCUT2D eigenvalue weighted by Gasteiger charge is -2.18. The SMILES string of the molecule is CN(Cc1ccccc1)C(=O)NCCC(=O)Nc1ccc(NC(=O)Nc2ccccc2)cc1. The minimum absolute atomic E-state index is 0.143. The molecule has 4 N–H and O–H groups in total. The summed E-state index contributed by atoms with van der Waals surface area (Å²) >= 11 is 0. The first-order chi connectivity index (χ1) is 16.0. The number of hydrogen-bond acceptors (Lipinski definition) is 3. The molecule has 170 valence electrons. The first-order valence-electron chi connectivity index (χ1n) is 10.6. The van der Waals surface area contributed by atoms with Gasteiger partial charge in [-0.2, -0.15) is 0 Å². The molecule has 0 radical (unpaired) electrons. The zero-order valence-electron chi connectivity index (χ0n) is 18.4. The van der Waals surface area contributed by atoms with Gasteiger partial charge in [-0.3, -0.25) is 4.79 Å². The van der Waals surface area contributed by atoms with Crippen molar-refractivity contribution in [2.24, 2.45) is 0 Å². The third-order valence-electron chi connectivity index (χ3n) is 4.70. The van der Waals surface area contributed by atoms with Gasteiger partial charge in [-0.15, -0.1) is 0 Å². The molecule has 0 spiro atoms. The Kier molecular flexibility index (Phi) is 8.41. The van der Waals surface area contributed by atoms with E-state index in [1.165, 1.54) is 0 Å². The van der Waals surface area contributed by atoms with Crippen LogP contribution in [0.25, 0.3) is 0 Å². The molecule has 8 heteroatoms. The lowest BCUT2D eigenvalue weighted by Crippen LogP contribution is -2.38. The standard InChI is InChI=1S/C25H27N5O3/c1-30(18-19-8-4-2-5-9-19)25(33)26-17-16-23(31)27-21-12-14-22(15-13-21)29-24(32)28-20-10-6-3-7-11-20/h2-15H,16-18H2,1H3,(H,26,33)(H,27,31)(H2,28,29,32). The number of benzene rings is 3. The highest BCUT2D eigenvalue weighted by molar-refractivity contribution is 6.00. The van der Waals surface area contributed by atoms with Crippen LogP contribution < -0.4 is 21.3 Å². The van der Waals surface area contributed by atoms with Gasteiger partial charge in [-0.25, -0.2) is 9.59 Å². The van der Waals surface area contributed by atoms with Crippen molar-refractivity contribution in [1.29, 1.82) is 0 Å². The number of para-hydroxylation sites is 1. The van der Waals surface area contributed by atoms with Gasteiger partial charge < -0.3 is 26.2 Å².